The lowest BCUT2D eigenvalue weighted by Crippen LogP contribution is -2.30. The predicted octanol–water partition coefficient (Wildman–Crippen LogP) is 2.65. The van der Waals surface area contributed by atoms with E-state index in [1.54, 1.807) is 11.1 Å². The zero-order valence-corrected chi connectivity index (χ0v) is 14.8. The molecule has 2 aromatic heterocycles. The van der Waals surface area contributed by atoms with Crippen molar-refractivity contribution < 1.29 is 9.59 Å². The molecule has 1 N–H and O–H groups in total. The van der Waals surface area contributed by atoms with E-state index in [0.29, 0.717) is 17.4 Å². The van der Waals surface area contributed by atoms with Crippen molar-refractivity contribution in [3.8, 4) is 0 Å². The van der Waals surface area contributed by atoms with Crippen LogP contribution < -0.4 is 10.2 Å². The third-order valence-electron chi connectivity index (χ3n) is 3.86. The van der Waals surface area contributed by atoms with Crippen LogP contribution in [0, 0.1) is 5.41 Å². The highest BCUT2D eigenvalue weighted by molar-refractivity contribution is 7.13. The van der Waals surface area contributed by atoms with Crippen molar-refractivity contribution in [3.63, 3.8) is 0 Å². The molecule has 3 rings (SSSR count). The van der Waals surface area contributed by atoms with Crippen molar-refractivity contribution >= 4 is 34.0 Å². The van der Waals surface area contributed by atoms with E-state index in [1.165, 1.54) is 11.3 Å². The average Bonchev–Trinajstić information content (AvgIpc) is 3.13. The molecule has 126 valence electrons. The predicted molar refractivity (Wildman–Crippen MR) is 94.2 cm³/mol. The highest BCUT2D eigenvalue weighted by Gasteiger charge is 2.26. The number of pyridine rings is 1. The van der Waals surface area contributed by atoms with Gasteiger partial charge in [0.15, 0.2) is 5.13 Å². The average molecular weight is 344 g/mol. The highest BCUT2D eigenvalue weighted by Crippen LogP contribution is 2.27. The van der Waals surface area contributed by atoms with E-state index in [0.717, 1.165) is 17.7 Å². The van der Waals surface area contributed by atoms with Gasteiger partial charge in [0.2, 0.25) is 11.8 Å². The number of nitrogens with zero attached hydrogens (tertiary/aromatic N) is 3. The van der Waals surface area contributed by atoms with Gasteiger partial charge in [-0.3, -0.25) is 14.6 Å². The monoisotopic (exact) mass is 344 g/mol. The number of carbonyl (C=O) groups excluding carboxylic acids is 2. The Hall–Kier alpha value is -2.28. The zero-order chi connectivity index (χ0) is 17.3. The Balaban J connectivity index is 1.65. The van der Waals surface area contributed by atoms with Crippen LogP contribution in [0.4, 0.5) is 10.8 Å². The van der Waals surface area contributed by atoms with Gasteiger partial charge in [-0.15, -0.1) is 11.3 Å². The van der Waals surface area contributed by atoms with Crippen molar-refractivity contribution in [1.82, 2.24) is 9.97 Å². The first kappa shape index (κ1) is 16.6. The van der Waals surface area contributed by atoms with Crippen LogP contribution in [0.15, 0.2) is 23.8 Å². The third-order valence-corrected chi connectivity index (χ3v) is 4.67. The number of nitrogens with one attached hydrogen (secondary N) is 1. The molecule has 24 heavy (non-hydrogen) atoms. The molecular weight excluding hydrogens is 324 g/mol. The number of rotatable bonds is 3. The number of carbonyl (C=O) groups is 2. The molecule has 6 nitrogen and oxygen atoms in total. The first-order valence-electron chi connectivity index (χ1n) is 7.84. The van der Waals surface area contributed by atoms with Gasteiger partial charge < -0.3 is 10.2 Å². The number of fused-ring (bicyclic) bond motifs is 1. The second-order valence-corrected chi connectivity index (χ2v) is 7.68. The Bertz CT molecular complexity index is 779. The summed E-state index contributed by atoms with van der Waals surface area (Å²) in [6, 6.07) is 1.87. The quantitative estimate of drug-likeness (QED) is 0.929. The molecule has 1 aliphatic rings. The van der Waals surface area contributed by atoms with E-state index >= 15 is 0 Å². The van der Waals surface area contributed by atoms with Crippen molar-refractivity contribution in [2.24, 2.45) is 5.41 Å². The van der Waals surface area contributed by atoms with Gasteiger partial charge in [-0.25, -0.2) is 4.98 Å². The van der Waals surface area contributed by atoms with Crippen LogP contribution >= 0.6 is 11.3 Å². The minimum Gasteiger partial charge on any atom is -0.311 e. The van der Waals surface area contributed by atoms with Crippen LogP contribution in [0.5, 0.6) is 0 Å². The number of aromatic nitrogens is 2. The molecule has 2 amide bonds. The van der Waals surface area contributed by atoms with E-state index in [4.69, 9.17) is 0 Å². The molecule has 0 spiro atoms. The molecule has 1 aliphatic heterocycles. The number of hydrogen-bond acceptors (Lipinski definition) is 5. The van der Waals surface area contributed by atoms with Gasteiger partial charge in [-0.2, -0.15) is 0 Å². The molecular formula is C17H20N4O2S. The maximum absolute atomic E-state index is 12.6. The van der Waals surface area contributed by atoms with Crippen LogP contribution in [0.1, 0.15) is 32.0 Å². The molecule has 0 saturated heterocycles. The highest BCUT2D eigenvalue weighted by atomic mass is 32.1. The van der Waals surface area contributed by atoms with Crippen LogP contribution in [0.2, 0.25) is 0 Å². The fourth-order valence-corrected chi connectivity index (χ4v) is 3.17. The first-order valence-corrected chi connectivity index (χ1v) is 8.71. The Morgan fingerprint density at radius 3 is 2.92 bits per heavy atom. The number of hydrogen-bond donors (Lipinski definition) is 1. The summed E-state index contributed by atoms with van der Waals surface area (Å²) < 4.78 is 0. The fraction of sp³-hybridized carbons (Fsp3) is 0.412. The van der Waals surface area contributed by atoms with Gasteiger partial charge in [0.1, 0.15) is 0 Å². The molecule has 0 fully saturated rings. The van der Waals surface area contributed by atoms with E-state index < -0.39 is 5.41 Å². The summed E-state index contributed by atoms with van der Waals surface area (Å²) in [5.41, 5.74) is 2.24. The van der Waals surface area contributed by atoms with Crippen LogP contribution in [-0.2, 0) is 22.4 Å². The zero-order valence-electron chi connectivity index (χ0n) is 14.0. The largest absolute Gasteiger partial charge is 0.311 e. The summed E-state index contributed by atoms with van der Waals surface area (Å²) in [6.07, 6.45) is 4.57. The smallest absolute Gasteiger partial charge is 0.233 e. The molecule has 0 atom stereocenters. The molecule has 0 aromatic carbocycles. The van der Waals surface area contributed by atoms with E-state index in [9.17, 15) is 9.59 Å². The molecule has 0 saturated carbocycles. The Labute approximate surface area is 144 Å². The van der Waals surface area contributed by atoms with Gasteiger partial charge in [0, 0.05) is 35.4 Å². The normalized spacial score (nSPS) is 13.7. The lowest BCUT2D eigenvalue weighted by molar-refractivity contribution is -0.123. The minimum atomic E-state index is -0.477. The van der Waals surface area contributed by atoms with Crippen molar-refractivity contribution in [2.45, 2.75) is 33.6 Å². The van der Waals surface area contributed by atoms with Crippen molar-refractivity contribution in [3.05, 3.63) is 35.1 Å². The Morgan fingerprint density at radius 2 is 2.17 bits per heavy atom. The number of amides is 2. The van der Waals surface area contributed by atoms with Gasteiger partial charge in [-0.05, 0) is 18.1 Å². The lowest BCUT2D eigenvalue weighted by Gasteiger charge is -2.16. The lowest BCUT2D eigenvalue weighted by atomic mass is 9.96. The number of thiazole rings is 1. The summed E-state index contributed by atoms with van der Waals surface area (Å²) >= 11 is 1.34. The van der Waals surface area contributed by atoms with Crippen molar-refractivity contribution in [1.29, 1.82) is 0 Å². The second-order valence-electron chi connectivity index (χ2n) is 6.82. The molecule has 0 bridgehead atoms. The van der Waals surface area contributed by atoms with Crippen molar-refractivity contribution in [2.75, 3.05) is 16.8 Å². The molecule has 0 unspecified atom stereocenters. The second kappa shape index (κ2) is 6.32. The third kappa shape index (κ3) is 3.46. The molecule has 0 radical (unpaired) electrons. The van der Waals surface area contributed by atoms with Gasteiger partial charge in [0.25, 0.3) is 0 Å². The summed E-state index contributed by atoms with van der Waals surface area (Å²) in [4.78, 5) is 34.8. The van der Waals surface area contributed by atoms with Gasteiger partial charge in [0.05, 0.1) is 12.1 Å². The summed E-state index contributed by atoms with van der Waals surface area (Å²) in [5.74, 6) is -0.0744. The van der Waals surface area contributed by atoms with Gasteiger partial charge in [-0.1, -0.05) is 20.8 Å². The standard InChI is InChI=1S/C17H20N4O2S/c1-17(2,3)15(23)20-16-19-12(10-24-16)8-14(22)21-7-5-11-9-18-6-4-13(11)21/h4,6,9-10H,5,7-8H2,1-3H3,(H,19,20,23). The van der Waals surface area contributed by atoms with Crippen LogP contribution in [0.3, 0.4) is 0 Å². The van der Waals surface area contributed by atoms with Crippen LogP contribution in [-0.4, -0.2) is 28.3 Å². The first-order chi connectivity index (χ1) is 11.3. The van der Waals surface area contributed by atoms with E-state index in [-0.39, 0.29) is 18.2 Å². The Morgan fingerprint density at radius 1 is 1.38 bits per heavy atom. The summed E-state index contributed by atoms with van der Waals surface area (Å²) in [7, 11) is 0. The van der Waals surface area contributed by atoms with Crippen LogP contribution in [0.25, 0.3) is 0 Å². The fourth-order valence-electron chi connectivity index (χ4n) is 2.47. The van der Waals surface area contributed by atoms with E-state index in [1.807, 2.05) is 38.4 Å². The maximum atomic E-state index is 12.6. The van der Waals surface area contributed by atoms with Gasteiger partial charge >= 0.3 is 0 Å². The number of anilines is 2. The minimum absolute atomic E-state index is 0.0129. The summed E-state index contributed by atoms with van der Waals surface area (Å²) in [5, 5.41) is 5.15. The SMILES string of the molecule is CC(C)(C)C(=O)Nc1nc(CC(=O)N2CCc3cnccc32)cs1. The molecule has 3 heterocycles. The van der Waals surface area contributed by atoms with E-state index in [2.05, 4.69) is 15.3 Å². The molecule has 2 aromatic rings. The summed E-state index contributed by atoms with van der Waals surface area (Å²) in [6.45, 7) is 6.22. The molecule has 0 aliphatic carbocycles. The topological polar surface area (TPSA) is 75.2 Å². The Kier molecular flexibility index (Phi) is 4.36. The maximum Gasteiger partial charge on any atom is 0.233 e. The molecule has 7 heteroatoms.